The van der Waals surface area contributed by atoms with Crippen LogP contribution < -0.4 is 14.9 Å². The molecule has 7 heteroatoms. The van der Waals surface area contributed by atoms with Crippen molar-refractivity contribution in [2.24, 2.45) is 4.99 Å². The Balaban J connectivity index is 1.89. The highest BCUT2D eigenvalue weighted by Gasteiger charge is 2.30. The lowest BCUT2D eigenvalue weighted by Gasteiger charge is -2.21. The Bertz CT molecular complexity index is 1400. The van der Waals surface area contributed by atoms with Gasteiger partial charge in [0.15, 0.2) is 4.80 Å². The summed E-state index contributed by atoms with van der Waals surface area (Å²) in [5.74, 6) is -0.475. The molecule has 3 aromatic rings. The molecule has 162 valence electrons. The summed E-state index contributed by atoms with van der Waals surface area (Å²) in [4.78, 5) is 31.3. The van der Waals surface area contributed by atoms with Crippen molar-refractivity contribution in [3.8, 4) is 0 Å². The molecule has 0 N–H and O–H groups in total. The summed E-state index contributed by atoms with van der Waals surface area (Å²) in [7, 11) is 0. The third-order valence-corrected chi connectivity index (χ3v) is 6.35. The van der Waals surface area contributed by atoms with Crippen LogP contribution in [0.25, 0.3) is 12.2 Å². The minimum Gasteiger partial charge on any atom is -0.463 e. The van der Waals surface area contributed by atoms with E-state index in [0.29, 0.717) is 25.6 Å². The third kappa shape index (κ3) is 4.38. The number of esters is 1. The van der Waals surface area contributed by atoms with Gasteiger partial charge < -0.3 is 4.74 Å². The van der Waals surface area contributed by atoms with E-state index in [2.05, 4.69) is 4.99 Å². The Kier molecular flexibility index (Phi) is 6.53. The van der Waals surface area contributed by atoms with Crippen LogP contribution in [0.5, 0.6) is 0 Å². The number of hydrogen-bond donors (Lipinski definition) is 0. The van der Waals surface area contributed by atoms with E-state index in [1.165, 1.54) is 11.3 Å². The number of carbonyl (C=O) groups is 1. The van der Waals surface area contributed by atoms with Gasteiger partial charge in [0.05, 0.1) is 28.5 Å². The number of benzene rings is 2. The minimum atomic E-state index is -0.626. The summed E-state index contributed by atoms with van der Waals surface area (Å²) in [5.41, 5.74) is 2.37. The number of fused-ring (bicyclic) bond motifs is 1. The van der Waals surface area contributed by atoms with Gasteiger partial charge in [0.2, 0.25) is 0 Å². The fourth-order valence-corrected chi connectivity index (χ4v) is 4.75. The van der Waals surface area contributed by atoms with Gasteiger partial charge in [-0.15, -0.1) is 0 Å². The topological polar surface area (TPSA) is 60.7 Å². The molecule has 0 aliphatic carbocycles. The first-order chi connectivity index (χ1) is 15.5. The molecule has 5 nitrogen and oxygen atoms in total. The quantitative estimate of drug-likeness (QED) is 0.534. The van der Waals surface area contributed by atoms with Crippen molar-refractivity contribution < 1.29 is 9.53 Å². The summed E-state index contributed by atoms with van der Waals surface area (Å²) in [6, 6.07) is 16.4. The van der Waals surface area contributed by atoms with E-state index in [1.807, 2.05) is 60.7 Å². The van der Waals surface area contributed by atoms with E-state index < -0.39 is 12.0 Å². The Labute approximate surface area is 194 Å². The van der Waals surface area contributed by atoms with Crippen LogP contribution in [-0.2, 0) is 9.53 Å². The molecule has 0 saturated carbocycles. The molecule has 0 saturated heterocycles. The maximum Gasteiger partial charge on any atom is 0.338 e. The van der Waals surface area contributed by atoms with E-state index in [0.717, 1.165) is 11.1 Å². The van der Waals surface area contributed by atoms with Crippen molar-refractivity contribution in [3.63, 3.8) is 0 Å². The zero-order valence-corrected chi connectivity index (χ0v) is 19.2. The van der Waals surface area contributed by atoms with E-state index >= 15 is 0 Å². The summed E-state index contributed by atoms with van der Waals surface area (Å²) in [6.45, 7) is 3.75. The third-order valence-electron chi connectivity index (χ3n) is 5.02. The van der Waals surface area contributed by atoms with E-state index in [1.54, 1.807) is 30.6 Å². The fraction of sp³-hybridized carbons (Fsp3) is 0.160. The minimum absolute atomic E-state index is 0.231. The standard InChI is InChI=1S/C25H21ClN2O3S/c1-3-31-24(30)22-16(2)27-25-28(20(22)14-13-17-9-5-4-6-10-17)23(29)21(32-25)15-18-11-7-8-12-19(18)26/h4-15,20H,3H2,1-2H3/b14-13+,21-15-/t20-/m0/s1. The second-order valence-corrected chi connectivity index (χ2v) is 8.55. The van der Waals surface area contributed by atoms with Crippen LogP contribution in [0.2, 0.25) is 5.02 Å². The molecule has 0 unspecified atom stereocenters. The molecule has 1 aliphatic rings. The average molecular weight is 465 g/mol. The highest BCUT2D eigenvalue weighted by Crippen LogP contribution is 2.26. The van der Waals surface area contributed by atoms with Crippen molar-refractivity contribution >= 4 is 41.1 Å². The molecule has 1 atom stereocenters. The van der Waals surface area contributed by atoms with Gasteiger partial charge in [0.25, 0.3) is 5.56 Å². The molecular weight excluding hydrogens is 444 g/mol. The molecule has 32 heavy (non-hydrogen) atoms. The molecular formula is C25H21ClN2O3S. The van der Waals surface area contributed by atoms with Crippen LogP contribution in [0.15, 0.2) is 81.7 Å². The Hall–Kier alpha value is -3.22. The normalized spacial score (nSPS) is 16.2. The van der Waals surface area contributed by atoms with E-state index in [4.69, 9.17) is 16.3 Å². The van der Waals surface area contributed by atoms with Gasteiger partial charge in [-0.2, -0.15) is 0 Å². The first-order valence-corrected chi connectivity index (χ1v) is 11.4. The predicted octanol–water partition coefficient (Wildman–Crippen LogP) is 4.12. The SMILES string of the molecule is CCOC(=O)C1=C(C)N=c2s/c(=C\c3ccccc3Cl)c(=O)n2[C@H]1/C=C/c1ccccc1. The first kappa shape index (κ1) is 22.0. The molecule has 2 aromatic carbocycles. The first-order valence-electron chi connectivity index (χ1n) is 10.2. The van der Waals surface area contributed by atoms with Gasteiger partial charge in [-0.3, -0.25) is 9.36 Å². The molecule has 2 heterocycles. The van der Waals surface area contributed by atoms with Gasteiger partial charge in [-0.1, -0.05) is 83.6 Å². The number of carbonyl (C=O) groups excluding carboxylic acids is 1. The van der Waals surface area contributed by atoms with Gasteiger partial charge in [-0.25, -0.2) is 9.79 Å². The maximum absolute atomic E-state index is 13.4. The molecule has 1 aromatic heterocycles. The van der Waals surface area contributed by atoms with Crippen LogP contribution in [0.3, 0.4) is 0 Å². The Morgan fingerprint density at radius 1 is 1.19 bits per heavy atom. The second kappa shape index (κ2) is 9.51. The number of aromatic nitrogens is 1. The van der Waals surface area contributed by atoms with Crippen LogP contribution in [-0.4, -0.2) is 17.1 Å². The van der Waals surface area contributed by atoms with E-state index in [-0.39, 0.29) is 12.2 Å². The Morgan fingerprint density at radius 3 is 2.62 bits per heavy atom. The number of thiazole rings is 1. The van der Waals surface area contributed by atoms with Gasteiger partial charge >= 0.3 is 5.97 Å². The number of nitrogens with zero attached hydrogens (tertiary/aromatic N) is 2. The van der Waals surface area contributed by atoms with Crippen LogP contribution in [0, 0.1) is 0 Å². The lowest BCUT2D eigenvalue weighted by molar-refractivity contribution is -0.139. The largest absolute Gasteiger partial charge is 0.463 e. The highest BCUT2D eigenvalue weighted by molar-refractivity contribution is 7.07. The molecule has 0 bridgehead atoms. The lowest BCUT2D eigenvalue weighted by atomic mass is 10.0. The monoisotopic (exact) mass is 464 g/mol. The number of ether oxygens (including phenoxy) is 1. The van der Waals surface area contributed by atoms with Gasteiger partial charge in [0, 0.05) is 5.02 Å². The van der Waals surface area contributed by atoms with Crippen LogP contribution >= 0.6 is 22.9 Å². The number of rotatable bonds is 5. The Morgan fingerprint density at radius 2 is 1.91 bits per heavy atom. The molecule has 0 amide bonds. The maximum atomic E-state index is 13.4. The molecule has 4 rings (SSSR count). The predicted molar refractivity (Wildman–Crippen MR) is 128 cm³/mol. The lowest BCUT2D eigenvalue weighted by Crippen LogP contribution is -2.38. The number of hydrogen-bond acceptors (Lipinski definition) is 5. The second-order valence-electron chi connectivity index (χ2n) is 7.14. The zero-order chi connectivity index (χ0) is 22.7. The summed E-state index contributed by atoms with van der Waals surface area (Å²) in [5, 5.41) is 0.558. The zero-order valence-electron chi connectivity index (χ0n) is 17.6. The number of allylic oxidation sites excluding steroid dienone is 2. The van der Waals surface area contributed by atoms with Crippen molar-refractivity contribution in [1.29, 1.82) is 0 Å². The van der Waals surface area contributed by atoms with Crippen LogP contribution in [0.1, 0.15) is 31.0 Å². The average Bonchev–Trinajstić information content (AvgIpc) is 3.09. The van der Waals surface area contributed by atoms with Crippen molar-refractivity contribution in [1.82, 2.24) is 4.57 Å². The van der Waals surface area contributed by atoms with Gasteiger partial charge in [0.1, 0.15) is 0 Å². The van der Waals surface area contributed by atoms with E-state index in [9.17, 15) is 9.59 Å². The molecule has 0 fully saturated rings. The molecule has 0 spiro atoms. The molecule has 0 radical (unpaired) electrons. The number of halogens is 1. The summed E-state index contributed by atoms with van der Waals surface area (Å²) >= 11 is 7.55. The van der Waals surface area contributed by atoms with Gasteiger partial charge in [-0.05, 0) is 37.1 Å². The van der Waals surface area contributed by atoms with Crippen molar-refractivity contribution in [2.45, 2.75) is 19.9 Å². The van der Waals surface area contributed by atoms with Crippen molar-refractivity contribution in [3.05, 3.63) is 108 Å². The molecule has 1 aliphatic heterocycles. The van der Waals surface area contributed by atoms with Crippen LogP contribution in [0.4, 0.5) is 0 Å². The fourth-order valence-electron chi connectivity index (χ4n) is 3.52. The smallest absolute Gasteiger partial charge is 0.338 e. The summed E-state index contributed by atoms with van der Waals surface area (Å²) < 4.78 is 7.32. The highest BCUT2D eigenvalue weighted by atomic mass is 35.5. The summed E-state index contributed by atoms with van der Waals surface area (Å²) in [6.07, 6.45) is 5.50. The van der Waals surface area contributed by atoms with Crippen molar-refractivity contribution in [2.75, 3.05) is 6.61 Å².